The van der Waals surface area contributed by atoms with Gasteiger partial charge in [0.1, 0.15) is 0 Å². The van der Waals surface area contributed by atoms with Crippen molar-refractivity contribution in [1.29, 1.82) is 0 Å². The molecule has 27 heavy (non-hydrogen) atoms. The summed E-state index contributed by atoms with van der Waals surface area (Å²) in [6, 6.07) is 13.8. The fourth-order valence-corrected chi connectivity index (χ4v) is 2.88. The maximum Gasteiger partial charge on any atom is 0.251 e. The Balaban J connectivity index is 1.88. The summed E-state index contributed by atoms with van der Waals surface area (Å²) in [6.45, 7) is 6.86. The Morgan fingerprint density at radius 1 is 1.04 bits per heavy atom. The molecular weight excluding hydrogens is 360 g/mol. The van der Waals surface area contributed by atoms with E-state index in [1.165, 1.54) is 12.1 Å². The van der Waals surface area contributed by atoms with Crippen LogP contribution >= 0.6 is 0 Å². The van der Waals surface area contributed by atoms with Crippen molar-refractivity contribution >= 4 is 22.0 Å². The van der Waals surface area contributed by atoms with Gasteiger partial charge >= 0.3 is 0 Å². The Morgan fingerprint density at radius 2 is 1.63 bits per heavy atom. The molecule has 0 aliphatic carbocycles. The third-order valence-electron chi connectivity index (χ3n) is 3.90. The molecular formula is C21H26N2O3S. The number of benzene rings is 2. The zero-order valence-electron chi connectivity index (χ0n) is 15.9. The molecule has 0 saturated heterocycles. The van der Waals surface area contributed by atoms with E-state index in [-0.39, 0.29) is 16.2 Å². The van der Waals surface area contributed by atoms with Gasteiger partial charge in [0.25, 0.3) is 5.91 Å². The topological polar surface area (TPSA) is 89.3 Å². The van der Waals surface area contributed by atoms with Crippen LogP contribution in [0.1, 0.15) is 42.3 Å². The predicted molar refractivity (Wildman–Crippen MR) is 109 cm³/mol. The average molecular weight is 387 g/mol. The Labute approximate surface area is 161 Å². The molecule has 2 rings (SSSR count). The number of carbonyl (C=O) groups excluding carboxylic acids is 1. The first-order chi connectivity index (χ1) is 12.5. The van der Waals surface area contributed by atoms with Crippen LogP contribution in [0.15, 0.2) is 59.5 Å². The highest BCUT2D eigenvalue weighted by atomic mass is 32.2. The van der Waals surface area contributed by atoms with Crippen molar-refractivity contribution < 1.29 is 13.2 Å². The summed E-state index contributed by atoms with van der Waals surface area (Å²) in [5, 5.41) is 7.94. The summed E-state index contributed by atoms with van der Waals surface area (Å²) in [4.78, 5) is 12.3. The van der Waals surface area contributed by atoms with Crippen molar-refractivity contribution in [3.8, 4) is 0 Å². The van der Waals surface area contributed by atoms with Gasteiger partial charge in [0.05, 0.1) is 4.90 Å². The molecule has 6 heteroatoms. The SMILES string of the molecule is CC(C)(C)/C=C/c1ccc(C(=O)NCCc2ccc(S(N)(=O)=O)cc2)cc1. The molecule has 0 spiro atoms. The van der Waals surface area contributed by atoms with Crippen molar-refractivity contribution in [3.05, 3.63) is 71.3 Å². The molecule has 5 nitrogen and oxygen atoms in total. The van der Waals surface area contributed by atoms with E-state index in [9.17, 15) is 13.2 Å². The van der Waals surface area contributed by atoms with Crippen LogP contribution < -0.4 is 10.5 Å². The molecule has 0 saturated carbocycles. The lowest BCUT2D eigenvalue weighted by molar-refractivity contribution is 0.0954. The van der Waals surface area contributed by atoms with Crippen LogP contribution in [-0.4, -0.2) is 20.9 Å². The van der Waals surface area contributed by atoms with E-state index in [1.54, 1.807) is 24.3 Å². The summed E-state index contributed by atoms with van der Waals surface area (Å²) in [5.74, 6) is -0.137. The lowest BCUT2D eigenvalue weighted by Crippen LogP contribution is -2.25. The van der Waals surface area contributed by atoms with E-state index in [0.717, 1.165) is 11.1 Å². The van der Waals surface area contributed by atoms with Crippen LogP contribution in [0.25, 0.3) is 6.08 Å². The highest BCUT2D eigenvalue weighted by Crippen LogP contribution is 2.17. The zero-order valence-corrected chi connectivity index (χ0v) is 16.7. The summed E-state index contributed by atoms with van der Waals surface area (Å²) >= 11 is 0. The van der Waals surface area contributed by atoms with E-state index >= 15 is 0 Å². The van der Waals surface area contributed by atoms with Crippen molar-refractivity contribution in [2.75, 3.05) is 6.54 Å². The van der Waals surface area contributed by atoms with Crippen molar-refractivity contribution in [3.63, 3.8) is 0 Å². The van der Waals surface area contributed by atoms with Gasteiger partial charge in [0.2, 0.25) is 10.0 Å². The quantitative estimate of drug-likeness (QED) is 0.798. The Morgan fingerprint density at radius 3 is 2.15 bits per heavy atom. The number of allylic oxidation sites excluding steroid dienone is 1. The normalized spacial score (nSPS) is 12.3. The van der Waals surface area contributed by atoms with Gasteiger partial charge in [-0.3, -0.25) is 4.79 Å². The predicted octanol–water partition coefficient (Wildman–Crippen LogP) is 3.37. The number of amides is 1. The minimum atomic E-state index is -3.68. The van der Waals surface area contributed by atoms with Crippen LogP contribution in [0.4, 0.5) is 0 Å². The van der Waals surface area contributed by atoms with Crippen LogP contribution in [0.5, 0.6) is 0 Å². The van der Waals surface area contributed by atoms with Gasteiger partial charge < -0.3 is 5.32 Å². The minimum Gasteiger partial charge on any atom is -0.352 e. The third kappa shape index (κ3) is 7.00. The number of carbonyl (C=O) groups is 1. The van der Waals surface area contributed by atoms with Gasteiger partial charge in [-0.2, -0.15) is 0 Å². The second kappa shape index (κ2) is 8.50. The van der Waals surface area contributed by atoms with Crippen molar-refractivity contribution in [2.45, 2.75) is 32.1 Å². The summed E-state index contributed by atoms with van der Waals surface area (Å²) < 4.78 is 22.5. The second-order valence-electron chi connectivity index (χ2n) is 7.52. The first-order valence-corrected chi connectivity index (χ1v) is 10.3. The van der Waals surface area contributed by atoms with Gasteiger partial charge in [-0.05, 0) is 47.2 Å². The first kappa shape index (κ1) is 20.9. The van der Waals surface area contributed by atoms with Gasteiger partial charge in [-0.25, -0.2) is 13.6 Å². The van der Waals surface area contributed by atoms with Crippen LogP contribution in [0.2, 0.25) is 0 Å². The largest absolute Gasteiger partial charge is 0.352 e. The van der Waals surface area contributed by atoms with Crippen molar-refractivity contribution in [2.24, 2.45) is 10.6 Å². The zero-order chi connectivity index (χ0) is 20.1. The third-order valence-corrected chi connectivity index (χ3v) is 4.83. The van der Waals surface area contributed by atoms with E-state index in [1.807, 2.05) is 18.2 Å². The van der Waals surface area contributed by atoms with Gasteiger partial charge in [0.15, 0.2) is 0 Å². The molecule has 0 bridgehead atoms. The molecule has 0 aromatic heterocycles. The Hall–Kier alpha value is -2.44. The lowest BCUT2D eigenvalue weighted by Gasteiger charge is -2.11. The van der Waals surface area contributed by atoms with Gasteiger partial charge in [0, 0.05) is 12.1 Å². The van der Waals surface area contributed by atoms with Crippen LogP contribution in [-0.2, 0) is 16.4 Å². The number of nitrogens with two attached hydrogens (primary N) is 1. The smallest absolute Gasteiger partial charge is 0.251 e. The molecule has 0 atom stereocenters. The maximum atomic E-state index is 12.2. The Kier molecular flexibility index (Phi) is 6.57. The van der Waals surface area contributed by atoms with Crippen LogP contribution in [0.3, 0.4) is 0 Å². The standard InChI is InChI=1S/C21H26N2O3S/c1-21(2,3)14-12-16-4-8-18(9-5-16)20(24)23-15-13-17-6-10-19(11-7-17)27(22,25)26/h4-12,14H,13,15H2,1-3H3,(H,23,24)(H2,22,25,26)/b14-12+. The van der Waals surface area contributed by atoms with E-state index in [2.05, 4.69) is 32.2 Å². The van der Waals surface area contributed by atoms with Crippen molar-refractivity contribution in [1.82, 2.24) is 5.32 Å². The highest BCUT2D eigenvalue weighted by Gasteiger charge is 2.08. The number of rotatable bonds is 6. The number of hydrogen-bond donors (Lipinski definition) is 2. The summed E-state index contributed by atoms with van der Waals surface area (Å²) in [6.07, 6.45) is 4.78. The molecule has 0 unspecified atom stereocenters. The van der Waals surface area contributed by atoms with Gasteiger partial charge in [-0.1, -0.05) is 57.2 Å². The molecule has 0 radical (unpaired) electrons. The first-order valence-electron chi connectivity index (χ1n) is 8.74. The molecule has 0 fully saturated rings. The summed E-state index contributed by atoms with van der Waals surface area (Å²) in [5.41, 5.74) is 2.69. The molecule has 3 N–H and O–H groups in total. The Bertz CT molecular complexity index is 907. The number of hydrogen-bond acceptors (Lipinski definition) is 3. The molecule has 2 aromatic carbocycles. The lowest BCUT2D eigenvalue weighted by atomic mass is 9.95. The average Bonchev–Trinajstić information content (AvgIpc) is 2.59. The maximum absolute atomic E-state index is 12.2. The molecule has 144 valence electrons. The molecule has 1 amide bonds. The van der Waals surface area contributed by atoms with E-state index < -0.39 is 10.0 Å². The van der Waals surface area contributed by atoms with Gasteiger partial charge in [-0.15, -0.1) is 0 Å². The van der Waals surface area contributed by atoms with E-state index in [4.69, 9.17) is 5.14 Å². The number of nitrogens with one attached hydrogen (secondary N) is 1. The monoisotopic (exact) mass is 386 g/mol. The fourth-order valence-electron chi connectivity index (χ4n) is 2.36. The molecule has 0 aliphatic heterocycles. The number of sulfonamides is 1. The molecule has 0 aliphatic rings. The summed E-state index contributed by atoms with van der Waals surface area (Å²) in [7, 11) is -3.68. The molecule has 0 heterocycles. The van der Waals surface area contributed by atoms with E-state index in [0.29, 0.717) is 18.5 Å². The molecule has 2 aromatic rings. The minimum absolute atomic E-state index is 0.0795. The number of primary sulfonamides is 1. The fraction of sp³-hybridized carbons (Fsp3) is 0.286. The van der Waals surface area contributed by atoms with Crippen LogP contribution in [0, 0.1) is 5.41 Å². The second-order valence-corrected chi connectivity index (χ2v) is 9.08. The highest BCUT2D eigenvalue weighted by molar-refractivity contribution is 7.89.